The topological polar surface area (TPSA) is 86.8 Å². The lowest BCUT2D eigenvalue weighted by Crippen LogP contribution is -2.50. The first-order chi connectivity index (χ1) is 13.8. The molecule has 1 fully saturated rings. The van der Waals surface area contributed by atoms with Gasteiger partial charge in [-0.3, -0.25) is 9.59 Å². The second kappa shape index (κ2) is 9.25. The Kier molecular flexibility index (Phi) is 6.94. The minimum atomic E-state index is -3.77. The Hall–Kier alpha value is -1.94. The molecule has 3 rings (SSSR count). The van der Waals surface area contributed by atoms with Gasteiger partial charge in [0.15, 0.2) is 0 Å². The maximum atomic E-state index is 12.5. The monoisotopic (exact) mass is 455 g/mol. The van der Waals surface area contributed by atoms with Crippen LogP contribution in [0, 0.1) is 6.92 Å². The summed E-state index contributed by atoms with van der Waals surface area (Å²) in [6.07, 6.45) is 0.0434. The summed E-state index contributed by atoms with van der Waals surface area (Å²) in [5, 5.41) is 0.132. The number of amides is 2. The van der Waals surface area contributed by atoms with E-state index < -0.39 is 10.0 Å². The van der Waals surface area contributed by atoms with Gasteiger partial charge in [0, 0.05) is 44.0 Å². The minimum absolute atomic E-state index is 0.00921. The van der Waals surface area contributed by atoms with Gasteiger partial charge in [0.05, 0.1) is 9.90 Å². The average molecular weight is 456 g/mol. The standard InChI is InChI=1S/C19H22ClN3O4S2/c1-14-6-7-16(28-14)19(25)23-12-10-22(11-13-23)18(24)8-9-21-29(26,27)17-5-3-2-4-15(17)20/h2-7,21H,8-13H2,1H3. The molecule has 0 atom stereocenters. The van der Waals surface area contributed by atoms with Crippen LogP contribution in [0.5, 0.6) is 0 Å². The molecule has 1 N–H and O–H groups in total. The van der Waals surface area contributed by atoms with Crippen LogP contribution in [0.3, 0.4) is 0 Å². The molecule has 1 aromatic heterocycles. The van der Waals surface area contributed by atoms with Crippen LogP contribution in [0.25, 0.3) is 0 Å². The molecule has 0 bridgehead atoms. The van der Waals surface area contributed by atoms with Gasteiger partial charge in [-0.2, -0.15) is 0 Å². The van der Waals surface area contributed by atoms with Crippen LogP contribution in [0.15, 0.2) is 41.3 Å². The van der Waals surface area contributed by atoms with Crippen LogP contribution in [0.2, 0.25) is 5.02 Å². The summed E-state index contributed by atoms with van der Waals surface area (Å²) < 4.78 is 27.0. The molecule has 156 valence electrons. The largest absolute Gasteiger partial charge is 0.339 e. The van der Waals surface area contributed by atoms with Crippen LogP contribution >= 0.6 is 22.9 Å². The lowest BCUT2D eigenvalue weighted by molar-refractivity contribution is -0.132. The van der Waals surface area contributed by atoms with Crippen LogP contribution < -0.4 is 4.72 Å². The predicted molar refractivity (Wildman–Crippen MR) is 113 cm³/mol. The summed E-state index contributed by atoms with van der Waals surface area (Å²) in [5.74, 6) is -0.159. The van der Waals surface area contributed by atoms with E-state index in [0.29, 0.717) is 31.1 Å². The van der Waals surface area contributed by atoms with Gasteiger partial charge in [0.25, 0.3) is 5.91 Å². The predicted octanol–water partition coefficient (Wildman–Crippen LogP) is 2.36. The minimum Gasteiger partial charge on any atom is -0.339 e. The molecule has 7 nitrogen and oxygen atoms in total. The van der Waals surface area contributed by atoms with Gasteiger partial charge in [0.1, 0.15) is 4.90 Å². The zero-order valence-electron chi connectivity index (χ0n) is 15.9. The van der Waals surface area contributed by atoms with Gasteiger partial charge in [-0.15, -0.1) is 11.3 Å². The highest BCUT2D eigenvalue weighted by molar-refractivity contribution is 7.89. The lowest BCUT2D eigenvalue weighted by atomic mass is 10.2. The number of carbonyl (C=O) groups is 2. The smallest absolute Gasteiger partial charge is 0.264 e. The molecule has 1 aliphatic rings. The Labute approximate surface area is 179 Å². The van der Waals surface area contributed by atoms with Crippen molar-refractivity contribution in [1.82, 2.24) is 14.5 Å². The number of nitrogens with zero attached hydrogens (tertiary/aromatic N) is 2. The van der Waals surface area contributed by atoms with Crippen molar-refractivity contribution in [2.45, 2.75) is 18.2 Å². The van der Waals surface area contributed by atoms with Gasteiger partial charge < -0.3 is 9.80 Å². The van der Waals surface area contributed by atoms with Crippen molar-refractivity contribution in [3.63, 3.8) is 0 Å². The summed E-state index contributed by atoms with van der Waals surface area (Å²) >= 11 is 7.39. The van der Waals surface area contributed by atoms with E-state index in [-0.39, 0.29) is 34.7 Å². The van der Waals surface area contributed by atoms with E-state index in [1.807, 2.05) is 19.1 Å². The third kappa shape index (κ3) is 5.36. The summed E-state index contributed by atoms with van der Waals surface area (Å²) in [6.45, 7) is 3.75. The molecule has 0 unspecified atom stereocenters. The lowest BCUT2D eigenvalue weighted by Gasteiger charge is -2.34. The number of nitrogens with one attached hydrogen (secondary N) is 1. The Morgan fingerprint density at radius 2 is 1.72 bits per heavy atom. The highest BCUT2D eigenvalue weighted by Gasteiger charge is 2.26. The van der Waals surface area contributed by atoms with Crippen molar-refractivity contribution in [2.75, 3.05) is 32.7 Å². The van der Waals surface area contributed by atoms with Gasteiger partial charge in [-0.1, -0.05) is 23.7 Å². The molecule has 0 saturated carbocycles. The number of sulfonamides is 1. The van der Waals surface area contributed by atoms with Gasteiger partial charge in [-0.05, 0) is 31.2 Å². The van der Waals surface area contributed by atoms with Crippen LogP contribution in [0.4, 0.5) is 0 Å². The summed E-state index contributed by atoms with van der Waals surface area (Å²) in [6, 6.07) is 9.89. The van der Waals surface area contributed by atoms with Crippen molar-refractivity contribution < 1.29 is 18.0 Å². The molecular weight excluding hydrogens is 434 g/mol. The molecule has 10 heteroatoms. The normalized spacial score (nSPS) is 14.8. The first-order valence-corrected chi connectivity index (χ1v) is 11.8. The fraction of sp³-hybridized carbons (Fsp3) is 0.368. The van der Waals surface area contributed by atoms with Crippen LogP contribution in [-0.4, -0.2) is 62.8 Å². The summed E-state index contributed by atoms with van der Waals surface area (Å²) in [5.41, 5.74) is 0. The van der Waals surface area contributed by atoms with Crippen molar-refractivity contribution in [1.29, 1.82) is 0 Å². The second-order valence-corrected chi connectivity index (χ2v) is 10.1. The number of thiophene rings is 1. The Morgan fingerprint density at radius 3 is 2.34 bits per heavy atom. The molecule has 1 aliphatic heterocycles. The summed E-state index contributed by atoms with van der Waals surface area (Å²) in [4.78, 5) is 30.1. The third-order valence-corrected chi connectivity index (χ3v) is 7.58. The van der Waals surface area contributed by atoms with Crippen LogP contribution in [-0.2, 0) is 14.8 Å². The fourth-order valence-electron chi connectivity index (χ4n) is 3.06. The van der Waals surface area contributed by atoms with E-state index in [2.05, 4.69) is 4.72 Å². The molecule has 1 saturated heterocycles. The SMILES string of the molecule is Cc1ccc(C(=O)N2CCN(C(=O)CCNS(=O)(=O)c3ccccc3Cl)CC2)s1. The highest BCUT2D eigenvalue weighted by Crippen LogP contribution is 2.20. The molecule has 0 radical (unpaired) electrons. The number of benzene rings is 1. The van der Waals surface area contributed by atoms with Gasteiger partial charge in [0.2, 0.25) is 15.9 Å². The quantitative estimate of drug-likeness (QED) is 0.724. The number of hydrogen-bond donors (Lipinski definition) is 1. The molecule has 0 spiro atoms. The number of hydrogen-bond acceptors (Lipinski definition) is 5. The Morgan fingerprint density at radius 1 is 1.07 bits per heavy atom. The molecule has 2 amide bonds. The zero-order valence-corrected chi connectivity index (χ0v) is 18.3. The second-order valence-electron chi connectivity index (χ2n) is 6.66. The van der Waals surface area contributed by atoms with Gasteiger partial charge in [-0.25, -0.2) is 13.1 Å². The Bertz CT molecular complexity index is 998. The highest BCUT2D eigenvalue weighted by atomic mass is 35.5. The van der Waals surface area contributed by atoms with E-state index in [0.717, 1.165) is 4.88 Å². The molecule has 2 aromatic rings. The number of aryl methyl sites for hydroxylation is 1. The molecule has 1 aromatic carbocycles. The molecular formula is C19H22ClN3O4S2. The van der Waals surface area contributed by atoms with E-state index in [4.69, 9.17) is 11.6 Å². The molecule has 29 heavy (non-hydrogen) atoms. The molecule has 0 aliphatic carbocycles. The van der Waals surface area contributed by atoms with Crippen molar-refractivity contribution in [3.8, 4) is 0 Å². The van der Waals surface area contributed by atoms with Crippen molar-refractivity contribution >= 4 is 44.8 Å². The summed E-state index contributed by atoms with van der Waals surface area (Å²) in [7, 11) is -3.77. The fourth-order valence-corrected chi connectivity index (χ4v) is 5.44. The van der Waals surface area contributed by atoms with E-state index in [1.54, 1.807) is 21.9 Å². The molecule has 2 heterocycles. The first-order valence-electron chi connectivity index (χ1n) is 9.15. The number of carbonyl (C=O) groups excluding carboxylic acids is 2. The van der Waals surface area contributed by atoms with E-state index in [9.17, 15) is 18.0 Å². The number of piperazine rings is 1. The maximum absolute atomic E-state index is 12.5. The van der Waals surface area contributed by atoms with E-state index in [1.165, 1.54) is 23.5 Å². The van der Waals surface area contributed by atoms with Crippen molar-refractivity contribution in [2.24, 2.45) is 0 Å². The maximum Gasteiger partial charge on any atom is 0.264 e. The van der Waals surface area contributed by atoms with E-state index >= 15 is 0 Å². The van der Waals surface area contributed by atoms with Gasteiger partial charge >= 0.3 is 0 Å². The number of halogens is 1. The average Bonchev–Trinajstić information content (AvgIpc) is 3.14. The van der Waals surface area contributed by atoms with Crippen molar-refractivity contribution in [3.05, 3.63) is 51.2 Å². The first kappa shape index (κ1) is 21.8. The number of rotatable bonds is 6. The zero-order chi connectivity index (χ0) is 21.0. The third-order valence-electron chi connectivity index (χ3n) is 4.63. The van der Waals surface area contributed by atoms with Crippen LogP contribution in [0.1, 0.15) is 21.0 Å². The Balaban J connectivity index is 1.46.